The number of hydrogen-bond acceptors (Lipinski definition) is 6. The van der Waals surface area contributed by atoms with Gasteiger partial charge >= 0.3 is 0 Å². The number of benzene rings is 1. The van der Waals surface area contributed by atoms with Gasteiger partial charge in [0.2, 0.25) is 9.30 Å². The van der Waals surface area contributed by atoms with E-state index < -0.39 is 10.0 Å². The summed E-state index contributed by atoms with van der Waals surface area (Å²) in [5.41, 5.74) is 1.15. The summed E-state index contributed by atoms with van der Waals surface area (Å²) in [4.78, 5) is 4.70. The van der Waals surface area contributed by atoms with Crippen LogP contribution in [0, 0.1) is 0 Å². The van der Waals surface area contributed by atoms with E-state index in [9.17, 15) is 8.42 Å². The van der Waals surface area contributed by atoms with Gasteiger partial charge in [0.25, 0.3) is 10.0 Å². The molecule has 26 heavy (non-hydrogen) atoms. The molecule has 10 heteroatoms. The number of allylic oxidation sites excluding steroid dienone is 3. The van der Waals surface area contributed by atoms with E-state index in [0.717, 1.165) is 15.8 Å². The summed E-state index contributed by atoms with van der Waals surface area (Å²) in [7, 11) is -3.84. The van der Waals surface area contributed by atoms with Crippen LogP contribution in [0.25, 0.3) is 10.5 Å². The molecule has 1 aromatic carbocycles. The first-order chi connectivity index (χ1) is 12.2. The lowest BCUT2D eigenvalue weighted by atomic mass is 10.2. The van der Waals surface area contributed by atoms with Crippen LogP contribution in [0.2, 0.25) is 0 Å². The number of primary sulfonamides is 1. The highest BCUT2D eigenvalue weighted by Gasteiger charge is 2.17. The zero-order valence-corrected chi connectivity index (χ0v) is 16.5. The first kappa shape index (κ1) is 18.5. The SMILES string of the molecule is C=C(/C=C\C(=C)c1cn2nc(S(N)(=O)=O)sc2n1)Oc1ccc(Br)cc1. The van der Waals surface area contributed by atoms with Crippen LogP contribution >= 0.6 is 27.3 Å². The fourth-order valence-corrected chi connectivity index (χ4v) is 3.69. The number of ether oxygens (including phenoxy) is 1. The van der Waals surface area contributed by atoms with Crippen molar-refractivity contribution < 1.29 is 13.2 Å². The van der Waals surface area contributed by atoms with Crippen molar-refractivity contribution in [3.8, 4) is 5.75 Å². The number of nitrogens with two attached hydrogens (primary N) is 1. The van der Waals surface area contributed by atoms with Gasteiger partial charge in [0.15, 0.2) is 0 Å². The highest BCUT2D eigenvalue weighted by Crippen LogP contribution is 2.22. The van der Waals surface area contributed by atoms with E-state index in [-0.39, 0.29) is 4.34 Å². The number of fused-ring (bicyclic) bond motifs is 1. The second kappa shape index (κ2) is 7.16. The summed E-state index contributed by atoms with van der Waals surface area (Å²) < 4.78 is 30.3. The van der Waals surface area contributed by atoms with Crippen molar-refractivity contribution >= 4 is 47.8 Å². The molecule has 134 valence electrons. The highest BCUT2D eigenvalue weighted by molar-refractivity contribution is 9.10. The van der Waals surface area contributed by atoms with Crippen molar-refractivity contribution in [2.24, 2.45) is 5.14 Å². The Hall–Kier alpha value is -2.27. The van der Waals surface area contributed by atoms with E-state index in [1.807, 2.05) is 24.3 Å². The molecular formula is C16H13BrN4O3S2. The maximum absolute atomic E-state index is 11.3. The smallest absolute Gasteiger partial charge is 0.267 e. The lowest BCUT2D eigenvalue weighted by molar-refractivity contribution is 0.447. The van der Waals surface area contributed by atoms with Gasteiger partial charge in [0.1, 0.15) is 11.5 Å². The normalized spacial score (nSPS) is 11.9. The lowest BCUT2D eigenvalue weighted by Gasteiger charge is -2.05. The minimum absolute atomic E-state index is 0.191. The second-order valence-electron chi connectivity index (χ2n) is 5.15. The summed E-state index contributed by atoms with van der Waals surface area (Å²) in [5, 5.41) is 8.95. The van der Waals surface area contributed by atoms with Crippen LogP contribution in [-0.4, -0.2) is 23.0 Å². The fourth-order valence-electron chi connectivity index (χ4n) is 1.92. The molecule has 0 unspecified atom stereocenters. The number of sulfonamides is 1. The molecule has 0 amide bonds. The van der Waals surface area contributed by atoms with E-state index in [1.54, 1.807) is 18.3 Å². The first-order valence-corrected chi connectivity index (χ1v) is 10.3. The van der Waals surface area contributed by atoms with Crippen LogP contribution in [0.1, 0.15) is 5.69 Å². The highest BCUT2D eigenvalue weighted by atomic mass is 79.9. The van der Waals surface area contributed by atoms with Crippen LogP contribution in [-0.2, 0) is 10.0 Å². The van der Waals surface area contributed by atoms with Gasteiger partial charge in [0, 0.05) is 4.47 Å². The van der Waals surface area contributed by atoms with E-state index in [4.69, 9.17) is 9.88 Å². The fraction of sp³-hybridized carbons (Fsp3) is 0. The monoisotopic (exact) mass is 452 g/mol. The molecule has 3 rings (SSSR count). The maximum atomic E-state index is 11.3. The van der Waals surface area contributed by atoms with Gasteiger partial charge in [0.05, 0.1) is 11.9 Å². The summed E-state index contributed by atoms with van der Waals surface area (Å²) in [6.45, 7) is 7.76. The van der Waals surface area contributed by atoms with Crippen LogP contribution in [0.5, 0.6) is 5.75 Å². The molecule has 2 N–H and O–H groups in total. The summed E-state index contributed by atoms with van der Waals surface area (Å²) in [6.07, 6.45) is 4.95. The second-order valence-corrected chi connectivity index (χ2v) is 8.75. The minimum atomic E-state index is -3.84. The zero-order valence-electron chi connectivity index (χ0n) is 13.3. The van der Waals surface area contributed by atoms with E-state index in [0.29, 0.717) is 27.7 Å². The van der Waals surface area contributed by atoms with Crippen molar-refractivity contribution in [1.29, 1.82) is 0 Å². The van der Waals surface area contributed by atoms with Crippen molar-refractivity contribution in [2.45, 2.75) is 4.34 Å². The van der Waals surface area contributed by atoms with E-state index in [1.165, 1.54) is 4.52 Å². The number of aromatic nitrogens is 3. The quantitative estimate of drug-likeness (QED) is 0.456. The van der Waals surface area contributed by atoms with Crippen LogP contribution in [0.4, 0.5) is 0 Å². The molecule has 0 saturated carbocycles. The molecule has 0 bridgehead atoms. The van der Waals surface area contributed by atoms with Crippen molar-refractivity contribution in [2.75, 3.05) is 0 Å². The third kappa shape index (κ3) is 4.28. The Morgan fingerprint density at radius 2 is 1.96 bits per heavy atom. The average molecular weight is 453 g/mol. The average Bonchev–Trinajstić information content (AvgIpc) is 3.13. The van der Waals surface area contributed by atoms with Crippen LogP contribution in [0.3, 0.4) is 0 Å². The van der Waals surface area contributed by atoms with Crippen molar-refractivity contribution in [1.82, 2.24) is 14.6 Å². The molecule has 0 spiro atoms. The van der Waals surface area contributed by atoms with Gasteiger partial charge in [-0.25, -0.2) is 23.1 Å². The Morgan fingerprint density at radius 1 is 1.27 bits per heavy atom. The van der Waals surface area contributed by atoms with Crippen molar-refractivity contribution in [3.63, 3.8) is 0 Å². The van der Waals surface area contributed by atoms with Crippen LogP contribution < -0.4 is 9.88 Å². The molecule has 0 aliphatic rings. The summed E-state index contributed by atoms with van der Waals surface area (Å²) in [5.74, 6) is 1.10. The van der Waals surface area contributed by atoms with Crippen molar-refractivity contribution in [3.05, 3.63) is 71.7 Å². The Bertz CT molecular complexity index is 1100. The number of hydrogen-bond donors (Lipinski definition) is 1. The Morgan fingerprint density at radius 3 is 2.58 bits per heavy atom. The summed E-state index contributed by atoms with van der Waals surface area (Å²) >= 11 is 4.24. The number of imidazole rings is 1. The zero-order chi connectivity index (χ0) is 18.9. The Balaban J connectivity index is 1.69. The van der Waals surface area contributed by atoms with E-state index >= 15 is 0 Å². The van der Waals surface area contributed by atoms with Gasteiger partial charge in [-0.05, 0) is 42.0 Å². The predicted molar refractivity (Wildman–Crippen MR) is 104 cm³/mol. The molecule has 0 fully saturated rings. The molecule has 2 heterocycles. The van der Waals surface area contributed by atoms with Gasteiger partial charge in [-0.15, -0.1) is 5.10 Å². The molecule has 0 saturated heterocycles. The molecule has 0 radical (unpaired) electrons. The third-order valence-corrected chi connectivity index (χ3v) is 5.89. The van der Waals surface area contributed by atoms with Gasteiger partial charge < -0.3 is 4.74 Å². The Labute approximate surface area is 162 Å². The topological polar surface area (TPSA) is 99.6 Å². The first-order valence-electron chi connectivity index (χ1n) is 7.11. The summed E-state index contributed by atoms with van der Waals surface area (Å²) in [6, 6.07) is 7.37. The number of rotatable bonds is 6. The molecular weight excluding hydrogens is 440 g/mol. The molecule has 0 aliphatic heterocycles. The minimum Gasteiger partial charge on any atom is -0.458 e. The molecule has 7 nitrogen and oxygen atoms in total. The van der Waals surface area contributed by atoms with Gasteiger partial charge in [-0.2, -0.15) is 0 Å². The predicted octanol–water partition coefficient (Wildman–Crippen LogP) is 3.36. The largest absolute Gasteiger partial charge is 0.458 e. The maximum Gasteiger partial charge on any atom is 0.267 e. The standard InChI is InChI=1S/C16H13BrN4O3S2/c1-10(3-4-11(2)24-13-7-5-12(17)6-8-13)14-9-21-15(19-14)25-16(20-21)26(18,22)23/h3-9H,1-2H2,(H2,18,22,23)/b4-3-. The van der Waals surface area contributed by atoms with Crippen LogP contribution in [0.15, 0.2) is 70.3 Å². The third-order valence-electron chi connectivity index (χ3n) is 3.13. The Kier molecular flexibility index (Phi) is 5.10. The van der Waals surface area contributed by atoms with E-state index in [2.05, 4.69) is 39.2 Å². The number of halogens is 1. The van der Waals surface area contributed by atoms with Gasteiger partial charge in [-0.1, -0.05) is 40.4 Å². The molecule has 0 atom stereocenters. The molecule has 3 aromatic rings. The molecule has 2 aromatic heterocycles. The number of nitrogens with zero attached hydrogens (tertiary/aromatic N) is 3. The molecule has 0 aliphatic carbocycles. The van der Waals surface area contributed by atoms with Gasteiger partial charge in [-0.3, -0.25) is 0 Å². The lowest BCUT2D eigenvalue weighted by Crippen LogP contribution is -2.12.